The Labute approximate surface area is 210 Å². The third kappa shape index (κ3) is 6.46. The summed E-state index contributed by atoms with van der Waals surface area (Å²) in [6.07, 6.45) is -8.62. The lowest BCUT2D eigenvalue weighted by Gasteiger charge is -2.45. The van der Waals surface area contributed by atoms with Crippen LogP contribution in [0.2, 0.25) is 0 Å². The van der Waals surface area contributed by atoms with Crippen LogP contribution in [0, 0.1) is 0 Å². The average molecular weight is 531 g/mol. The SMILES string of the molecule is CC(=O)OC(Cc1cc(C(F)(F)F)cc(C(F)(F)F)c1)CC1(c2ccccc2)CCC2(CC1)OCCO2. The van der Waals surface area contributed by atoms with E-state index in [1.54, 1.807) is 0 Å². The van der Waals surface area contributed by atoms with Gasteiger partial charge in [-0.3, -0.25) is 4.79 Å². The van der Waals surface area contributed by atoms with Gasteiger partial charge < -0.3 is 14.2 Å². The molecule has 0 aromatic heterocycles. The van der Waals surface area contributed by atoms with Crippen molar-refractivity contribution in [2.75, 3.05) is 13.2 Å². The molecule has 1 spiro atoms. The van der Waals surface area contributed by atoms with Gasteiger partial charge in [0, 0.05) is 26.2 Å². The smallest absolute Gasteiger partial charge is 0.416 e. The molecule has 0 radical (unpaired) electrons. The van der Waals surface area contributed by atoms with Crippen LogP contribution in [0.25, 0.3) is 0 Å². The Morgan fingerprint density at radius 1 is 0.892 bits per heavy atom. The van der Waals surface area contributed by atoms with Crippen LogP contribution in [0.5, 0.6) is 0 Å². The highest BCUT2D eigenvalue weighted by Gasteiger charge is 2.48. The van der Waals surface area contributed by atoms with E-state index in [0.29, 0.717) is 51.0 Å². The fourth-order valence-electron chi connectivity index (χ4n) is 5.52. The third-order valence-corrected chi connectivity index (χ3v) is 7.23. The summed E-state index contributed by atoms with van der Waals surface area (Å²) >= 11 is 0. The lowest BCUT2D eigenvalue weighted by Crippen LogP contribution is -2.44. The molecule has 1 saturated carbocycles. The van der Waals surface area contributed by atoms with Crippen molar-refractivity contribution in [3.63, 3.8) is 0 Å². The second-order valence-electron chi connectivity index (χ2n) is 9.81. The van der Waals surface area contributed by atoms with Crippen LogP contribution in [0.3, 0.4) is 0 Å². The van der Waals surface area contributed by atoms with Crippen molar-refractivity contribution in [1.82, 2.24) is 0 Å². The highest BCUT2D eigenvalue weighted by atomic mass is 19.4. The van der Waals surface area contributed by atoms with Crippen molar-refractivity contribution < 1.29 is 45.3 Å². The Bertz CT molecular complexity index is 1050. The molecule has 1 unspecified atom stereocenters. The van der Waals surface area contributed by atoms with Gasteiger partial charge in [-0.05, 0) is 54.0 Å². The Morgan fingerprint density at radius 3 is 1.92 bits per heavy atom. The number of alkyl halides is 6. The van der Waals surface area contributed by atoms with Crippen LogP contribution in [0.1, 0.15) is 61.3 Å². The number of carbonyl (C=O) groups excluding carboxylic acids is 1. The summed E-state index contributed by atoms with van der Waals surface area (Å²) in [6.45, 7) is 2.16. The van der Waals surface area contributed by atoms with E-state index in [0.717, 1.165) is 5.56 Å². The van der Waals surface area contributed by atoms with Crippen LogP contribution in [0.4, 0.5) is 26.3 Å². The van der Waals surface area contributed by atoms with Gasteiger partial charge in [0.15, 0.2) is 5.79 Å². The number of esters is 1. The molecule has 2 aromatic carbocycles. The van der Waals surface area contributed by atoms with E-state index in [1.807, 2.05) is 30.3 Å². The highest BCUT2D eigenvalue weighted by Crippen LogP contribution is 2.49. The van der Waals surface area contributed by atoms with Crippen molar-refractivity contribution in [3.8, 4) is 0 Å². The van der Waals surface area contributed by atoms with Crippen molar-refractivity contribution in [1.29, 1.82) is 0 Å². The van der Waals surface area contributed by atoms with Gasteiger partial charge >= 0.3 is 18.3 Å². The predicted octanol–water partition coefficient (Wildman–Crippen LogP) is 6.84. The molecule has 2 aromatic rings. The minimum absolute atomic E-state index is 0.0952. The van der Waals surface area contributed by atoms with Crippen LogP contribution < -0.4 is 0 Å². The number of rotatable bonds is 6. The molecule has 0 amide bonds. The van der Waals surface area contributed by atoms with Crippen molar-refractivity contribution in [2.24, 2.45) is 0 Å². The van der Waals surface area contributed by atoms with Gasteiger partial charge in [-0.2, -0.15) is 26.3 Å². The first-order valence-corrected chi connectivity index (χ1v) is 12.1. The Balaban J connectivity index is 1.67. The van der Waals surface area contributed by atoms with E-state index in [1.165, 1.54) is 6.92 Å². The molecule has 1 heterocycles. The first-order valence-electron chi connectivity index (χ1n) is 12.1. The zero-order valence-electron chi connectivity index (χ0n) is 20.3. The Kier molecular flexibility index (Phi) is 7.63. The van der Waals surface area contributed by atoms with Crippen molar-refractivity contribution in [3.05, 3.63) is 70.8 Å². The Morgan fingerprint density at radius 2 is 1.43 bits per heavy atom. The zero-order chi connectivity index (χ0) is 26.9. The molecule has 1 atom stereocenters. The minimum Gasteiger partial charge on any atom is -0.462 e. The summed E-state index contributed by atoms with van der Waals surface area (Å²) in [4.78, 5) is 12.0. The van der Waals surface area contributed by atoms with Gasteiger partial charge in [0.05, 0.1) is 24.3 Å². The molecule has 202 valence electrons. The number of carbonyl (C=O) groups is 1. The summed E-state index contributed by atoms with van der Waals surface area (Å²) < 4.78 is 97.6. The van der Waals surface area contributed by atoms with Crippen LogP contribution >= 0.6 is 0 Å². The van der Waals surface area contributed by atoms with E-state index in [2.05, 4.69) is 0 Å². The summed E-state index contributed by atoms with van der Waals surface area (Å²) in [5.74, 6) is -1.34. The van der Waals surface area contributed by atoms with Crippen molar-refractivity contribution >= 4 is 5.97 Å². The fraction of sp³-hybridized carbons (Fsp3) is 0.519. The average Bonchev–Trinajstić information content (AvgIpc) is 3.28. The third-order valence-electron chi connectivity index (χ3n) is 7.23. The van der Waals surface area contributed by atoms with Crippen molar-refractivity contribution in [2.45, 2.75) is 75.1 Å². The lowest BCUT2D eigenvalue weighted by atomic mass is 9.64. The first-order chi connectivity index (χ1) is 17.3. The molecule has 2 fully saturated rings. The zero-order valence-corrected chi connectivity index (χ0v) is 20.3. The first kappa shape index (κ1) is 27.4. The minimum atomic E-state index is -4.96. The molecular weight excluding hydrogens is 502 g/mol. The number of hydrogen-bond acceptors (Lipinski definition) is 4. The molecule has 0 N–H and O–H groups in total. The van der Waals surface area contributed by atoms with E-state index in [4.69, 9.17) is 14.2 Å². The molecule has 4 nitrogen and oxygen atoms in total. The second kappa shape index (κ2) is 10.3. The molecule has 1 aliphatic heterocycles. The summed E-state index contributed by atoms with van der Waals surface area (Å²) in [5.41, 5.74) is -2.57. The monoisotopic (exact) mass is 530 g/mol. The molecule has 1 saturated heterocycles. The molecule has 1 aliphatic carbocycles. The largest absolute Gasteiger partial charge is 0.462 e. The van der Waals surface area contributed by atoms with Crippen LogP contribution in [-0.4, -0.2) is 31.1 Å². The lowest BCUT2D eigenvalue weighted by molar-refractivity contribution is -0.187. The molecule has 2 aliphatic rings. The van der Waals surface area contributed by atoms with E-state index >= 15 is 0 Å². The predicted molar refractivity (Wildman–Crippen MR) is 122 cm³/mol. The maximum atomic E-state index is 13.4. The standard InChI is InChI=1S/C27H28F6O4/c1-18(34)37-23(15-19-13-21(26(28,29)30)16-22(14-19)27(31,32)33)17-24(20-5-3-2-4-6-20)7-9-25(10-8-24)35-11-12-36-25/h2-6,13-14,16,23H,7-12,15,17H2,1H3. The van der Waals surface area contributed by atoms with Crippen LogP contribution in [-0.2, 0) is 43.2 Å². The van der Waals surface area contributed by atoms with E-state index in [9.17, 15) is 31.1 Å². The number of benzene rings is 2. The van der Waals surface area contributed by atoms with Gasteiger partial charge in [-0.15, -0.1) is 0 Å². The van der Waals surface area contributed by atoms with Gasteiger partial charge in [0.25, 0.3) is 0 Å². The summed E-state index contributed by atoms with van der Waals surface area (Å²) in [6, 6.07) is 10.9. The van der Waals surface area contributed by atoms with E-state index in [-0.39, 0.29) is 24.5 Å². The number of hydrogen-bond donors (Lipinski definition) is 0. The highest BCUT2D eigenvalue weighted by molar-refractivity contribution is 5.66. The second-order valence-corrected chi connectivity index (χ2v) is 9.81. The summed E-state index contributed by atoms with van der Waals surface area (Å²) in [5, 5.41) is 0. The van der Waals surface area contributed by atoms with Gasteiger partial charge in [-0.1, -0.05) is 30.3 Å². The Hall–Kier alpha value is -2.59. The quantitative estimate of drug-likeness (QED) is 0.303. The number of ether oxygens (including phenoxy) is 3. The molecule has 37 heavy (non-hydrogen) atoms. The van der Waals surface area contributed by atoms with Gasteiger partial charge in [-0.25, -0.2) is 0 Å². The summed E-state index contributed by atoms with van der Waals surface area (Å²) in [7, 11) is 0. The topological polar surface area (TPSA) is 44.8 Å². The fourth-order valence-corrected chi connectivity index (χ4v) is 5.52. The van der Waals surface area contributed by atoms with E-state index < -0.39 is 46.8 Å². The molecular formula is C27H28F6O4. The van der Waals surface area contributed by atoms with Crippen LogP contribution in [0.15, 0.2) is 48.5 Å². The maximum absolute atomic E-state index is 13.4. The maximum Gasteiger partial charge on any atom is 0.416 e. The number of halogens is 6. The normalized spacial score (nSPS) is 20.1. The molecule has 4 rings (SSSR count). The van der Waals surface area contributed by atoms with Gasteiger partial charge in [0.1, 0.15) is 6.10 Å². The molecule has 10 heteroatoms. The molecule has 0 bridgehead atoms. The van der Waals surface area contributed by atoms with Gasteiger partial charge in [0.2, 0.25) is 0 Å².